The van der Waals surface area contributed by atoms with Gasteiger partial charge in [-0.15, -0.1) is 0 Å². The van der Waals surface area contributed by atoms with Crippen LogP contribution in [0, 0.1) is 0 Å². The molecular formula is C11H12N4O. The molecule has 5 nitrogen and oxygen atoms in total. The van der Waals surface area contributed by atoms with E-state index in [0.29, 0.717) is 12.4 Å². The Labute approximate surface area is 93.5 Å². The molecule has 0 aliphatic rings. The Bertz CT molecular complexity index is 447. The number of rotatable bonds is 4. The van der Waals surface area contributed by atoms with Gasteiger partial charge in [0.2, 0.25) is 5.88 Å². The minimum Gasteiger partial charge on any atom is -0.481 e. The highest BCUT2D eigenvalue weighted by Gasteiger charge is 1.97. The van der Waals surface area contributed by atoms with Crippen molar-refractivity contribution in [2.75, 3.05) is 12.4 Å². The molecule has 2 aromatic heterocycles. The van der Waals surface area contributed by atoms with Crippen molar-refractivity contribution in [3.8, 4) is 5.88 Å². The highest BCUT2D eigenvalue weighted by Crippen LogP contribution is 2.11. The third-order valence-electron chi connectivity index (χ3n) is 2.03. The predicted molar refractivity (Wildman–Crippen MR) is 60.1 cm³/mol. The zero-order valence-corrected chi connectivity index (χ0v) is 8.92. The summed E-state index contributed by atoms with van der Waals surface area (Å²) in [6.45, 7) is 0.614. The van der Waals surface area contributed by atoms with Crippen LogP contribution in [0.4, 0.5) is 5.82 Å². The predicted octanol–water partition coefficient (Wildman–Crippen LogP) is 1.49. The number of nitrogens with one attached hydrogen (secondary N) is 1. The van der Waals surface area contributed by atoms with Gasteiger partial charge in [-0.2, -0.15) is 4.98 Å². The lowest BCUT2D eigenvalue weighted by Gasteiger charge is -2.05. The molecule has 0 fully saturated rings. The van der Waals surface area contributed by atoms with Crippen LogP contribution in [-0.2, 0) is 6.54 Å². The number of methoxy groups -OCH3 is 1. The normalized spacial score (nSPS) is 9.81. The first-order chi connectivity index (χ1) is 7.88. The van der Waals surface area contributed by atoms with E-state index in [-0.39, 0.29) is 0 Å². The standard InChI is InChI=1S/C11H12N4O/c1-16-11-4-2-3-10(15-11)13-7-9-5-6-12-8-14-9/h2-6,8H,7H2,1H3,(H,13,15). The van der Waals surface area contributed by atoms with E-state index in [1.54, 1.807) is 19.4 Å². The fraction of sp³-hybridized carbons (Fsp3) is 0.182. The van der Waals surface area contributed by atoms with E-state index in [2.05, 4.69) is 20.3 Å². The Morgan fingerprint density at radius 3 is 3.00 bits per heavy atom. The van der Waals surface area contributed by atoms with Gasteiger partial charge in [0.05, 0.1) is 19.3 Å². The minimum atomic E-state index is 0.590. The summed E-state index contributed by atoms with van der Waals surface area (Å²) in [4.78, 5) is 12.2. The van der Waals surface area contributed by atoms with Gasteiger partial charge in [-0.1, -0.05) is 6.07 Å². The molecule has 0 aromatic carbocycles. The third kappa shape index (κ3) is 2.66. The summed E-state index contributed by atoms with van der Waals surface area (Å²) in [5.41, 5.74) is 0.916. The number of anilines is 1. The van der Waals surface area contributed by atoms with Crippen LogP contribution in [0.25, 0.3) is 0 Å². The smallest absolute Gasteiger partial charge is 0.214 e. The van der Waals surface area contributed by atoms with Crippen LogP contribution >= 0.6 is 0 Å². The molecule has 0 saturated heterocycles. The molecule has 82 valence electrons. The number of hydrogen-bond acceptors (Lipinski definition) is 5. The van der Waals surface area contributed by atoms with Gasteiger partial charge in [-0.3, -0.25) is 0 Å². The number of aromatic nitrogens is 3. The second-order valence-electron chi connectivity index (χ2n) is 3.12. The van der Waals surface area contributed by atoms with Crippen LogP contribution in [0.15, 0.2) is 36.8 Å². The van der Waals surface area contributed by atoms with Gasteiger partial charge < -0.3 is 10.1 Å². The summed E-state index contributed by atoms with van der Waals surface area (Å²) >= 11 is 0. The van der Waals surface area contributed by atoms with Crippen molar-refractivity contribution in [2.24, 2.45) is 0 Å². The molecule has 0 amide bonds. The second kappa shape index (κ2) is 5.06. The molecule has 5 heteroatoms. The molecule has 0 saturated carbocycles. The van der Waals surface area contributed by atoms with Gasteiger partial charge in [-0.05, 0) is 12.1 Å². The number of nitrogens with zero attached hydrogens (tertiary/aromatic N) is 3. The molecule has 0 radical (unpaired) electrons. The summed E-state index contributed by atoms with van der Waals surface area (Å²) in [5, 5.41) is 3.15. The van der Waals surface area contributed by atoms with Crippen LogP contribution in [-0.4, -0.2) is 22.1 Å². The summed E-state index contributed by atoms with van der Waals surface area (Å²) in [5.74, 6) is 1.35. The zero-order valence-electron chi connectivity index (χ0n) is 8.92. The number of pyridine rings is 1. The molecule has 0 aliphatic heterocycles. The Kier molecular flexibility index (Phi) is 3.28. The molecule has 0 spiro atoms. The minimum absolute atomic E-state index is 0.590. The summed E-state index contributed by atoms with van der Waals surface area (Å²) in [6.07, 6.45) is 3.24. The van der Waals surface area contributed by atoms with Crippen molar-refractivity contribution < 1.29 is 4.74 Å². The third-order valence-corrected chi connectivity index (χ3v) is 2.03. The molecule has 0 bridgehead atoms. The maximum atomic E-state index is 5.03. The van der Waals surface area contributed by atoms with E-state index in [4.69, 9.17) is 4.74 Å². The average molecular weight is 216 g/mol. The van der Waals surface area contributed by atoms with Gasteiger partial charge in [0.25, 0.3) is 0 Å². The molecule has 2 rings (SSSR count). The van der Waals surface area contributed by atoms with Crippen molar-refractivity contribution in [3.05, 3.63) is 42.5 Å². The lowest BCUT2D eigenvalue weighted by atomic mass is 10.4. The lowest BCUT2D eigenvalue weighted by Crippen LogP contribution is -2.03. The van der Waals surface area contributed by atoms with Crippen LogP contribution in [0.2, 0.25) is 0 Å². The van der Waals surface area contributed by atoms with Crippen molar-refractivity contribution >= 4 is 5.82 Å². The van der Waals surface area contributed by atoms with Gasteiger partial charge >= 0.3 is 0 Å². The first kappa shape index (κ1) is 10.4. The van der Waals surface area contributed by atoms with Crippen LogP contribution in [0.1, 0.15) is 5.69 Å². The Hall–Kier alpha value is -2.17. The fourth-order valence-electron chi connectivity index (χ4n) is 1.23. The second-order valence-corrected chi connectivity index (χ2v) is 3.12. The molecule has 16 heavy (non-hydrogen) atoms. The summed E-state index contributed by atoms with van der Waals surface area (Å²) in [6, 6.07) is 7.42. The first-order valence-corrected chi connectivity index (χ1v) is 4.88. The topological polar surface area (TPSA) is 59.9 Å². The highest BCUT2D eigenvalue weighted by atomic mass is 16.5. The van der Waals surface area contributed by atoms with Crippen LogP contribution < -0.4 is 10.1 Å². The van der Waals surface area contributed by atoms with Crippen LogP contribution in [0.3, 0.4) is 0 Å². The Morgan fingerprint density at radius 1 is 1.31 bits per heavy atom. The Morgan fingerprint density at radius 2 is 2.25 bits per heavy atom. The molecular weight excluding hydrogens is 204 g/mol. The maximum Gasteiger partial charge on any atom is 0.214 e. The van der Waals surface area contributed by atoms with Gasteiger partial charge in [0.1, 0.15) is 12.1 Å². The van der Waals surface area contributed by atoms with Crippen LogP contribution in [0.5, 0.6) is 5.88 Å². The first-order valence-electron chi connectivity index (χ1n) is 4.88. The zero-order chi connectivity index (χ0) is 11.2. The molecule has 1 N–H and O–H groups in total. The van der Waals surface area contributed by atoms with E-state index in [1.165, 1.54) is 6.33 Å². The largest absolute Gasteiger partial charge is 0.481 e. The van der Waals surface area contributed by atoms with E-state index < -0.39 is 0 Å². The number of ether oxygens (including phenoxy) is 1. The SMILES string of the molecule is COc1cccc(NCc2ccncn2)n1. The summed E-state index contributed by atoms with van der Waals surface area (Å²) in [7, 11) is 1.59. The van der Waals surface area contributed by atoms with E-state index in [9.17, 15) is 0 Å². The van der Waals surface area contributed by atoms with E-state index in [0.717, 1.165) is 11.5 Å². The lowest BCUT2D eigenvalue weighted by molar-refractivity contribution is 0.398. The quantitative estimate of drug-likeness (QED) is 0.839. The highest BCUT2D eigenvalue weighted by molar-refractivity contribution is 5.37. The van der Waals surface area contributed by atoms with Gasteiger partial charge in [0.15, 0.2) is 0 Å². The molecule has 2 aromatic rings. The van der Waals surface area contributed by atoms with Crippen molar-refractivity contribution in [1.29, 1.82) is 0 Å². The maximum absolute atomic E-state index is 5.03. The van der Waals surface area contributed by atoms with E-state index in [1.807, 2.05) is 18.2 Å². The van der Waals surface area contributed by atoms with Crippen molar-refractivity contribution in [2.45, 2.75) is 6.54 Å². The van der Waals surface area contributed by atoms with Gasteiger partial charge in [0, 0.05) is 12.3 Å². The fourth-order valence-corrected chi connectivity index (χ4v) is 1.23. The van der Waals surface area contributed by atoms with Crippen molar-refractivity contribution in [1.82, 2.24) is 15.0 Å². The number of hydrogen-bond donors (Lipinski definition) is 1. The van der Waals surface area contributed by atoms with Crippen molar-refractivity contribution in [3.63, 3.8) is 0 Å². The Balaban J connectivity index is 1.99. The average Bonchev–Trinajstić information content (AvgIpc) is 2.38. The molecule has 0 aliphatic carbocycles. The molecule has 0 unspecified atom stereocenters. The summed E-state index contributed by atoms with van der Waals surface area (Å²) < 4.78 is 5.03. The molecule has 0 atom stereocenters. The van der Waals surface area contributed by atoms with Gasteiger partial charge in [-0.25, -0.2) is 9.97 Å². The molecule has 2 heterocycles. The monoisotopic (exact) mass is 216 g/mol. The van der Waals surface area contributed by atoms with E-state index >= 15 is 0 Å².